The van der Waals surface area contributed by atoms with Crippen molar-refractivity contribution in [3.05, 3.63) is 307 Å². The number of aliphatic hydroxyl groups excluding tert-OH is 1. The van der Waals surface area contributed by atoms with Crippen molar-refractivity contribution in [3.8, 4) is 23.5 Å². The first-order chi connectivity index (χ1) is 64.1. The fraction of sp³-hybridized carbons (Fsp3) is 0.366. The summed E-state index contributed by atoms with van der Waals surface area (Å²) < 4.78 is 27.7. The molecule has 7 aromatic heterocycles. The molecule has 136 heavy (non-hydrogen) atoms. The van der Waals surface area contributed by atoms with E-state index >= 15 is 0 Å². The van der Waals surface area contributed by atoms with Gasteiger partial charge in [0.05, 0.1) is 65.2 Å². The molecule has 1 atom stereocenters. The van der Waals surface area contributed by atoms with Gasteiger partial charge < -0.3 is 81.4 Å². The fourth-order valence-corrected chi connectivity index (χ4v) is 12.2. The number of nitro groups is 1. The lowest BCUT2D eigenvalue weighted by Crippen LogP contribution is -2.33. The van der Waals surface area contributed by atoms with E-state index < -0.39 is 26.6 Å². The number of methoxy groups -OCH3 is 4. The van der Waals surface area contributed by atoms with Gasteiger partial charge in [0.25, 0.3) is 22.6 Å². The monoisotopic (exact) mass is 2000 g/mol. The summed E-state index contributed by atoms with van der Waals surface area (Å²) >= 11 is 21.4. The average Bonchev–Trinajstić information content (AvgIpc) is 0.808. The second-order valence-corrected chi connectivity index (χ2v) is 35.3. The maximum Gasteiger partial charge on any atom is 0.330 e. The van der Waals surface area contributed by atoms with E-state index in [-0.39, 0.29) is 70.3 Å². The second kappa shape index (κ2) is 60.5. The number of carbonyl (C=O) groups excluding carboxylic acids is 5. The number of benzene rings is 4. The highest BCUT2D eigenvalue weighted by atomic mass is 79.9. The highest BCUT2D eigenvalue weighted by Crippen LogP contribution is 2.31. The Labute approximate surface area is 821 Å². The zero-order valence-electron chi connectivity index (χ0n) is 81.9. The van der Waals surface area contributed by atoms with Crippen molar-refractivity contribution in [2.75, 3.05) is 74.9 Å². The van der Waals surface area contributed by atoms with Crippen LogP contribution >= 0.6 is 50.7 Å². The first kappa shape index (κ1) is 119. The smallest absolute Gasteiger partial charge is 0.330 e. The number of pyridine rings is 7. The first-order valence-corrected chi connectivity index (χ1v) is 45.6. The van der Waals surface area contributed by atoms with Crippen LogP contribution < -0.4 is 74.1 Å². The number of nitrogens with two attached hydrogens (primary N) is 3. The molecule has 0 unspecified atom stereocenters. The van der Waals surface area contributed by atoms with E-state index in [1.54, 1.807) is 104 Å². The van der Waals surface area contributed by atoms with Crippen molar-refractivity contribution in [2.24, 2.45) is 27.4 Å². The van der Waals surface area contributed by atoms with Crippen LogP contribution in [-0.2, 0) is 72.8 Å². The topological polar surface area (TPSA) is 449 Å². The van der Waals surface area contributed by atoms with Gasteiger partial charge in [-0.05, 0) is 157 Å². The molecule has 0 aliphatic rings. The van der Waals surface area contributed by atoms with Gasteiger partial charge in [-0.2, -0.15) is 0 Å². The summed E-state index contributed by atoms with van der Waals surface area (Å²) in [6.45, 7) is 35.0. The number of ether oxygens (including phenoxy) is 5. The Bertz CT molecular complexity index is 5730. The van der Waals surface area contributed by atoms with Crippen molar-refractivity contribution in [1.82, 2.24) is 34.1 Å². The van der Waals surface area contributed by atoms with Crippen LogP contribution in [0.15, 0.2) is 215 Å². The van der Waals surface area contributed by atoms with Crippen molar-refractivity contribution in [2.45, 2.75) is 181 Å². The Morgan fingerprint density at radius 3 is 1.29 bits per heavy atom. The summed E-state index contributed by atoms with van der Waals surface area (Å²) in [7, 11) is 6.96. The maximum absolute atomic E-state index is 12.8. The Morgan fingerprint density at radius 2 is 0.875 bits per heavy atom. The highest BCUT2D eigenvalue weighted by molar-refractivity contribution is 9.08. The number of esters is 1. The molecular weight excluding hydrogens is 1870 g/mol. The first-order valence-electron chi connectivity index (χ1n) is 43.4. The number of rotatable bonds is 22. The summed E-state index contributed by atoms with van der Waals surface area (Å²) in [5.41, 5.74) is 26.0. The minimum atomic E-state index is -0.569. The molecule has 11 rings (SSSR count). The minimum Gasteiger partial charge on any atom is -0.480 e. The molecule has 0 saturated carbocycles. The normalized spacial score (nSPS) is 10.7. The second-order valence-electron chi connectivity index (χ2n) is 33.5. The van der Waals surface area contributed by atoms with Crippen LogP contribution in [0.25, 0.3) is 0 Å². The molecule has 4 amide bonds. The quantitative estimate of drug-likeness (QED) is 0.0132. The highest BCUT2D eigenvalue weighted by Gasteiger charge is 2.28. The van der Waals surface area contributed by atoms with Gasteiger partial charge in [0, 0.05) is 105 Å². The number of nitrogens with one attached hydrogen (secondary N) is 5. The Morgan fingerprint density at radius 1 is 0.478 bits per heavy atom. The fourth-order valence-electron chi connectivity index (χ4n) is 10.9. The van der Waals surface area contributed by atoms with Crippen LogP contribution in [0.2, 0.25) is 15.1 Å². The Balaban J connectivity index is 0.000000523. The molecule has 0 bridgehead atoms. The molecule has 0 saturated heterocycles. The van der Waals surface area contributed by atoms with E-state index in [9.17, 15) is 48.5 Å². The van der Waals surface area contributed by atoms with Gasteiger partial charge >= 0.3 is 11.7 Å². The predicted molar refractivity (Wildman–Crippen MR) is 550 cm³/mol. The largest absolute Gasteiger partial charge is 0.480 e. The van der Waals surface area contributed by atoms with Crippen molar-refractivity contribution >= 4 is 120 Å². The number of halogens is 4. The molecule has 4 aromatic carbocycles. The summed E-state index contributed by atoms with van der Waals surface area (Å²) in [6.07, 6.45) is 14.7. The number of amides is 4. The molecule has 35 heteroatoms. The predicted octanol–water partition coefficient (Wildman–Crippen LogP) is 19.9. The standard InChI is InChI=1S/C19H23ClN2O2.C14H15ClN2O.C13H20N2O2.C12H18N2O2.C12H17NO2.C11H16N2O2.C7H6BrCl.C6H6N2O3.C6H8N2O.CH4O/c1-5-13-10-11-22(12-14-8-6-7-9-15(14)20)17(23)16(13)21-18(24)19(2,3)4;1-2-10-7-8-17(14(18)13(10)16)9-11-5-3-4-6-12(11)15;1-6-9-7-8-14-11(17-5)10(9)15-12(16)13(2,3)4;1-5-8-6-7-13-10(15)9(8)14-11(16)12(2,3)4;1-3-15-12(14)8-11(13)10-6-4-9(2)5-7-10;1-11(2,3)10(14)13-8-6-5-7-12-9(8)15-4;8-5-6-3-1-2-4-7(6)9;1-11-6-5(8(9)10)3-2-4-7-6;1-9-6-5(7)3-2-4-8-6;1-2/h6-11H,5,12H2,1-4H3,(H,21,24);3-8H,2,9,16H2,1H3;7-8H,6H2,1-5H3,(H,15,16);6-7H,5H2,1-4H3,(H,13,15)(H,14,16);4-7,11H,3,8,13H2,1-2H3;5-7H,1-4H3,(H,13,14);1-4H,5H2;2-4H,1H3;2-4H,7H2,1H3;2H,1H3/t;;;;11-;;;;;/m....0...../s1. The maximum atomic E-state index is 12.8. The molecule has 0 spiro atoms. The molecule has 0 aliphatic heterocycles. The van der Waals surface area contributed by atoms with Gasteiger partial charge in [-0.15, -0.1) is 0 Å². The lowest BCUT2D eigenvalue weighted by atomic mass is 9.95. The van der Waals surface area contributed by atoms with Crippen LogP contribution in [0.1, 0.15) is 180 Å². The van der Waals surface area contributed by atoms with E-state index in [4.69, 9.17) is 76.1 Å². The number of hydrogen-bond acceptors (Lipinski definition) is 23. The van der Waals surface area contributed by atoms with Crippen LogP contribution in [0.4, 0.5) is 39.8 Å². The van der Waals surface area contributed by atoms with E-state index in [0.717, 1.165) is 74.8 Å². The van der Waals surface area contributed by atoms with Gasteiger partial charge in [-0.25, -0.2) is 19.9 Å². The number of nitrogens with zero attached hydrogens (tertiary/aromatic N) is 7. The van der Waals surface area contributed by atoms with Crippen molar-refractivity contribution < 1.29 is 57.7 Å². The molecule has 31 nitrogen and oxygen atoms in total. The average molecular weight is 2000 g/mol. The third-order valence-corrected chi connectivity index (χ3v) is 20.7. The van der Waals surface area contributed by atoms with Gasteiger partial charge in [-0.1, -0.05) is 246 Å². The number of aromatic nitrogens is 7. The van der Waals surface area contributed by atoms with Crippen LogP contribution in [0, 0.1) is 38.7 Å². The van der Waals surface area contributed by atoms with E-state index in [2.05, 4.69) is 66.9 Å². The number of anilines is 6. The molecule has 0 aliphatic carbocycles. The number of alkyl halides is 1. The van der Waals surface area contributed by atoms with Crippen LogP contribution in [-0.4, -0.2) is 116 Å². The molecular formula is C101H133BrCl3N15O16. The number of aliphatic hydroxyl groups is 1. The SMILES string of the molecule is CCOC(=O)C[C@H](N)c1ccc(C)cc1.CCc1cc[nH]c(=O)c1NC(=O)C(C)(C)C.CCc1ccn(Cc2ccccc2Cl)c(=O)c1N.CCc1ccn(Cc2ccccc2Cl)c(=O)c1NC(=O)C(C)(C)C.CCc1ccnc(OC)c1NC(=O)C(C)(C)C.CO.COc1ncccc1N.COc1ncccc1NC(=O)C(C)(C)C.COc1ncccc1[N+](=O)[O-].Clc1ccccc1CBr. The number of carbonyl (C=O) groups is 5. The van der Waals surface area contributed by atoms with Gasteiger partial charge in [0.1, 0.15) is 28.4 Å². The number of aromatic amines is 1. The number of aryl methyl sites for hydroxylation is 5. The zero-order chi connectivity index (χ0) is 103. The minimum absolute atomic E-state index is 0.0394. The third-order valence-electron chi connectivity index (χ3n) is 19.0. The van der Waals surface area contributed by atoms with Gasteiger partial charge in [0.15, 0.2) is 0 Å². The molecule has 7 heterocycles. The van der Waals surface area contributed by atoms with Crippen molar-refractivity contribution in [3.63, 3.8) is 0 Å². The zero-order valence-corrected chi connectivity index (χ0v) is 85.8. The molecule has 11 aromatic rings. The van der Waals surface area contributed by atoms with Crippen LogP contribution in [0.5, 0.6) is 23.5 Å². The summed E-state index contributed by atoms with van der Waals surface area (Å²) in [5.74, 6) is 0.730. The van der Waals surface area contributed by atoms with Crippen molar-refractivity contribution in [1.29, 1.82) is 0 Å². The lowest BCUT2D eigenvalue weighted by molar-refractivity contribution is -0.386. The molecule has 0 radical (unpaired) electrons. The van der Waals surface area contributed by atoms with E-state index in [1.165, 1.54) is 38.1 Å². The molecule has 736 valence electrons. The Kier molecular flexibility index (Phi) is 53.0. The molecule has 12 N–H and O–H groups in total. The summed E-state index contributed by atoms with van der Waals surface area (Å²) in [5, 5.41) is 31.4. The van der Waals surface area contributed by atoms with Crippen LogP contribution in [0.3, 0.4) is 0 Å². The van der Waals surface area contributed by atoms with Gasteiger partial charge in [-0.3, -0.25) is 48.5 Å². The van der Waals surface area contributed by atoms with E-state index in [0.29, 0.717) is 94.3 Å². The number of hydrogen-bond donors (Lipinski definition) is 9. The summed E-state index contributed by atoms with van der Waals surface area (Å²) in [4.78, 5) is 123. The Hall–Kier alpha value is -12.9. The number of nitrogen functional groups attached to an aromatic ring is 2. The van der Waals surface area contributed by atoms with Gasteiger partial charge in [0.2, 0.25) is 41.3 Å². The molecule has 0 fully saturated rings. The summed E-state index contributed by atoms with van der Waals surface area (Å²) in [6, 6.07) is 47.6. The lowest BCUT2D eigenvalue weighted by Gasteiger charge is -2.20. The number of H-pyrrole nitrogens is 1. The van der Waals surface area contributed by atoms with E-state index in [1.807, 2.05) is 227 Å². The third kappa shape index (κ3) is 41.2.